The van der Waals surface area contributed by atoms with Gasteiger partial charge >= 0.3 is 0 Å². The maximum absolute atomic E-state index is 11.2. The van der Waals surface area contributed by atoms with Gasteiger partial charge in [0.2, 0.25) is 5.91 Å². The van der Waals surface area contributed by atoms with Gasteiger partial charge in [-0.15, -0.1) is 11.3 Å². The van der Waals surface area contributed by atoms with E-state index in [0.717, 1.165) is 4.88 Å². The molecule has 0 aliphatic rings. The molecule has 0 fully saturated rings. The highest BCUT2D eigenvalue weighted by atomic mass is 32.1. The number of hydrogen-bond acceptors (Lipinski definition) is 3. The van der Waals surface area contributed by atoms with Crippen LogP contribution >= 0.6 is 11.3 Å². The predicted molar refractivity (Wildman–Crippen MR) is 62.7 cm³/mol. The molecule has 1 aromatic heterocycles. The fourth-order valence-corrected chi connectivity index (χ4v) is 1.63. The summed E-state index contributed by atoms with van der Waals surface area (Å²) < 4.78 is 0. The highest BCUT2D eigenvalue weighted by Gasteiger charge is 1.97. The standard InChI is InChI=1S/C11H15NO2S/c1-9(13)6-7-12-11(14)5-4-10-3-2-8-15-10/h2-5,8-9,13H,6-7H2,1H3,(H,12,14). The van der Waals surface area contributed by atoms with Gasteiger partial charge in [0.05, 0.1) is 6.10 Å². The predicted octanol–water partition coefficient (Wildman–Crippen LogP) is 1.65. The molecule has 0 aliphatic heterocycles. The summed E-state index contributed by atoms with van der Waals surface area (Å²) in [4.78, 5) is 12.3. The van der Waals surface area contributed by atoms with Crippen LogP contribution in [0.15, 0.2) is 23.6 Å². The van der Waals surface area contributed by atoms with Gasteiger partial charge in [-0.05, 0) is 30.9 Å². The highest BCUT2D eigenvalue weighted by molar-refractivity contribution is 7.10. The SMILES string of the molecule is CC(O)CCNC(=O)C=Cc1cccs1. The Morgan fingerprint density at radius 3 is 3.13 bits per heavy atom. The van der Waals surface area contributed by atoms with Crippen LogP contribution in [0.1, 0.15) is 18.2 Å². The molecular weight excluding hydrogens is 210 g/mol. The first-order chi connectivity index (χ1) is 7.18. The number of hydrogen-bond donors (Lipinski definition) is 2. The van der Waals surface area contributed by atoms with E-state index in [9.17, 15) is 4.79 Å². The Morgan fingerprint density at radius 1 is 1.73 bits per heavy atom. The third-order valence-electron chi connectivity index (χ3n) is 1.80. The number of carbonyl (C=O) groups is 1. The first-order valence-corrected chi connectivity index (χ1v) is 5.74. The smallest absolute Gasteiger partial charge is 0.244 e. The monoisotopic (exact) mass is 225 g/mol. The Labute approximate surface area is 93.4 Å². The second-order valence-electron chi connectivity index (χ2n) is 3.28. The van der Waals surface area contributed by atoms with Crippen LogP contribution in [-0.2, 0) is 4.79 Å². The van der Waals surface area contributed by atoms with Gasteiger partial charge in [-0.25, -0.2) is 0 Å². The molecule has 0 spiro atoms. The molecule has 1 amide bonds. The van der Waals surface area contributed by atoms with Crippen LogP contribution in [0.25, 0.3) is 6.08 Å². The van der Waals surface area contributed by atoms with Gasteiger partial charge in [-0.2, -0.15) is 0 Å². The lowest BCUT2D eigenvalue weighted by atomic mass is 10.3. The molecule has 1 aromatic rings. The van der Waals surface area contributed by atoms with Crippen LogP contribution < -0.4 is 5.32 Å². The van der Waals surface area contributed by atoms with E-state index in [1.54, 1.807) is 24.3 Å². The number of amides is 1. The molecular formula is C11H15NO2S. The molecule has 1 atom stereocenters. The van der Waals surface area contributed by atoms with Crippen molar-refractivity contribution in [2.45, 2.75) is 19.4 Å². The Kier molecular flexibility index (Phi) is 5.07. The fourth-order valence-electron chi connectivity index (χ4n) is 1.01. The van der Waals surface area contributed by atoms with Crippen LogP contribution in [-0.4, -0.2) is 23.7 Å². The minimum absolute atomic E-state index is 0.121. The van der Waals surface area contributed by atoms with Crippen molar-refractivity contribution in [1.29, 1.82) is 0 Å². The Balaban J connectivity index is 2.24. The van der Waals surface area contributed by atoms with Gasteiger partial charge in [0, 0.05) is 17.5 Å². The first-order valence-electron chi connectivity index (χ1n) is 4.86. The van der Waals surface area contributed by atoms with Crippen molar-refractivity contribution in [2.75, 3.05) is 6.54 Å². The molecule has 82 valence electrons. The molecule has 0 saturated heterocycles. The lowest BCUT2D eigenvalue weighted by Gasteiger charge is -2.03. The van der Waals surface area contributed by atoms with Crippen LogP contribution in [0, 0.1) is 0 Å². The van der Waals surface area contributed by atoms with Crippen molar-refractivity contribution in [2.24, 2.45) is 0 Å². The zero-order chi connectivity index (χ0) is 11.1. The van der Waals surface area contributed by atoms with Crippen molar-refractivity contribution < 1.29 is 9.90 Å². The lowest BCUT2D eigenvalue weighted by molar-refractivity contribution is -0.116. The quantitative estimate of drug-likeness (QED) is 0.749. The number of aliphatic hydroxyl groups excluding tert-OH is 1. The van der Waals surface area contributed by atoms with E-state index in [1.807, 2.05) is 17.5 Å². The number of nitrogens with one attached hydrogen (secondary N) is 1. The van der Waals surface area contributed by atoms with Crippen LogP contribution in [0.5, 0.6) is 0 Å². The van der Waals surface area contributed by atoms with Crippen molar-refractivity contribution in [3.8, 4) is 0 Å². The third-order valence-corrected chi connectivity index (χ3v) is 2.64. The van der Waals surface area contributed by atoms with Crippen molar-refractivity contribution in [1.82, 2.24) is 5.32 Å². The minimum atomic E-state index is -0.369. The summed E-state index contributed by atoms with van der Waals surface area (Å²) in [6.45, 7) is 2.21. The van der Waals surface area contributed by atoms with Crippen LogP contribution in [0.2, 0.25) is 0 Å². The molecule has 0 bridgehead atoms. The van der Waals surface area contributed by atoms with Gasteiger partial charge in [-0.1, -0.05) is 6.07 Å². The van der Waals surface area contributed by atoms with Gasteiger partial charge in [-0.3, -0.25) is 4.79 Å². The van der Waals surface area contributed by atoms with E-state index in [-0.39, 0.29) is 12.0 Å². The lowest BCUT2D eigenvalue weighted by Crippen LogP contribution is -2.24. The van der Waals surface area contributed by atoms with E-state index < -0.39 is 0 Å². The largest absolute Gasteiger partial charge is 0.393 e. The van der Waals surface area contributed by atoms with Crippen LogP contribution in [0.3, 0.4) is 0 Å². The summed E-state index contributed by atoms with van der Waals surface area (Å²) >= 11 is 1.59. The summed E-state index contributed by atoms with van der Waals surface area (Å²) in [5.74, 6) is -0.121. The van der Waals surface area contributed by atoms with E-state index in [2.05, 4.69) is 5.32 Å². The summed E-state index contributed by atoms with van der Waals surface area (Å²) in [6.07, 6.45) is 3.50. The number of carbonyl (C=O) groups excluding carboxylic acids is 1. The fraction of sp³-hybridized carbons (Fsp3) is 0.364. The van der Waals surface area contributed by atoms with Gasteiger partial charge < -0.3 is 10.4 Å². The summed E-state index contributed by atoms with van der Waals surface area (Å²) in [6, 6.07) is 3.89. The first kappa shape index (κ1) is 11.9. The Hall–Kier alpha value is -1.13. The molecule has 0 aliphatic carbocycles. The molecule has 0 saturated carbocycles. The zero-order valence-electron chi connectivity index (χ0n) is 8.64. The van der Waals surface area contributed by atoms with Gasteiger partial charge in [0.25, 0.3) is 0 Å². The molecule has 1 rings (SSSR count). The molecule has 2 N–H and O–H groups in total. The van der Waals surface area contributed by atoms with E-state index >= 15 is 0 Å². The topological polar surface area (TPSA) is 49.3 Å². The minimum Gasteiger partial charge on any atom is -0.393 e. The van der Waals surface area contributed by atoms with E-state index in [4.69, 9.17) is 5.11 Å². The molecule has 0 radical (unpaired) electrons. The number of aliphatic hydroxyl groups is 1. The molecule has 0 aromatic carbocycles. The van der Waals surface area contributed by atoms with E-state index in [1.165, 1.54) is 6.08 Å². The van der Waals surface area contributed by atoms with E-state index in [0.29, 0.717) is 13.0 Å². The molecule has 1 unspecified atom stereocenters. The highest BCUT2D eigenvalue weighted by Crippen LogP contribution is 2.09. The van der Waals surface area contributed by atoms with Gasteiger partial charge in [0.15, 0.2) is 0 Å². The van der Waals surface area contributed by atoms with Crippen LogP contribution in [0.4, 0.5) is 0 Å². The maximum atomic E-state index is 11.2. The number of thiophene rings is 1. The number of rotatable bonds is 5. The normalized spacial score (nSPS) is 12.9. The van der Waals surface area contributed by atoms with Crippen molar-refractivity contribution in [3.05, 3.63) is 28.5 Å². The second-order valence-corrected chi connectivity index (χ2v) is 4.26. The zero-order valence-corrected chi connectivity index (χ0v) is 9.46. The molecule has 1 heterocycles. The maximum Gasteiger partial charge on any atom is 0.244 e. The molecule has 4 heteroatoms. The van der Waals surface area contributed by atoms with Crippen molar-refractivity contribution in [3.63, 3.8) is 0 Å². The average Bonchev–Trinajstić information content (AvgIpc) is 2.66. The molecule has 15 heavy (non-hydrogen) atoms. The Bertz CT molecular complexity index is 317. The summed E-state index contributed by atoms with van der Waals surface area (Å²) in [7, 11) is 0. The average molecular weight is 225 g/mol. The molecule has 3 nitrogen and oxygen atoms in total. The Morgan fingerprint density at radius 2 is 2.53 bits per heavy atom. The summed E-state index contributed by atoms with van der Waals surface area (Å²) in [5, 5.41) is 13.6. The third kappa shape index (κ3) is 5.34. The summed E-state index contributed by atoms with van der Waals surface area (Å²) in [5.41, 5.74) is 0. The van der Waals surface area contributed by atoms with Gasteiger partial charge in [0.1, 0.15) is 0 Å². The second kappa shape index (κ2) is 6.37. The van der Waals surface area contributed by atoms with Crippen molar-refractivity contribution >= 4 is 23.3 Å².